The molecule has 0 bridgehead atoms. The fraction of sp³-hybridized carbons (Fsp3) is 0.292. The highest BCUT2D eigenvalue weighted by Crippen LogP contribution is 2.25. The van der Waals surface area contributed by atoms with Crippen molar-refractivity contribution in [3.8, 4) is 11.6 Å². The average Bonchev–Trinajstić information content (AvgIpc) is 3.20. The molecule has 1 N–H and O–H groups in total. The first-order valence-electron chi connectivity index (χ1n) is 10.4. The van der Waals surface area contributed by atoms with Crippen LogP contribution in [-0.4, -0.2) is 45.8 Å². The SMILES string of the molecule is COC(=O)[C@H](Cc1ccc2oc(-c3cnc4ccccc4n3)nc2c1)NC(=O)OC(C)(C)C. The molecule has 0 aliphatic heterocycles. The zero-order valence-electron chi connectivity index (χ0n) is 18.8. The quantitative estimate of drug-likeness (QED) is 0.455. The molecule has 9 nitrogen and oxygen atoms in total. The fourth-order valence-corrected chi connectivity index (χ4v) is 3.29. The number of rotatable bonds is 5. The largest absolute Gasteiger partial charge is 0.467 e. The molecule has 9 heteroatoms. The van der Waals surface area contributed by atoms with E-state index in [-0.39, 0.29) is 6.42 Å². The van der Waals surface area contributed by atoms with E-state index in [2.05, 4.69) is 20.3 Å². The number of nitrogens with zero attached hydrogens (tertiary/aromatic N) is 3. The molecule has 4 aromatic rings. The summed E-state index contributed by atoms with van der Waals surface area (Å²) in [5.74, 6) is -0.231. The number of hydrogen-bond donors (Lipinski definition) is 1. The van der Waals surface area contributed by atoms with Crippen LogP contribution < -0.4 is 5.32 Å². The minimum Gasteiger partial charge on any atom is -0.467 e. The van der Waals surface area contributed by atoms with E-state index in [1.54, 1.807) is 45.2 Å². The molecule has 2 aromatic carbocycles. The van der Waals surface area contributed by atoms with E-state index in [4.69, 9.17) is 13.9 Å². The van der Waals surface area contributed by atoms with Crippen molar-refractivity contribution in [1.29, 1.82) is 0 Å². The topological polar surface area (TPSA) is 116 Å². The maximum Gasteiger partial charge on any atom is 0.408 e. The number of nitrogens with one attached hydrogen (secondary N) is 1. The van der Waals surface area contributed by atoms with Gasteiger partial charge in [-0.25, -0.2) is 19.6 Å². The van der Waals surface area contributed by atoms with Gasteiger partial charge in [-0.05, 0) is 50.6 Å². The number of hydrogen-bond acceptors (Lipinski definition) is 8. The van der Waals surface area contributed by atoms with Gasteiger partial charge in [-0.3, -0.25) is 4.98 Å². The maximum absolute atomic E-state index is 12.2. The number of aromatic nitrogens is 3. The van der Waals surface area contributed by atoms with Crippen LogP contribution in [0.2, 0.25) is 0 Å². The summed E-state index contributed by atoms with van der Waals surface area (Å²) in [4.78, 5) is 37.9. The van der Waals surface area contributed by atoms with Gasteiger partial charge in [0.25, 0.3) is 0 Å². The molecule has 0 radical (unpaired) electrons. The summed E-state index contributed by atoms with van der Waals surface area (Å²) in [6.07, 6.45) is 1.11. The Morgan fingerprint density at radius 2 is 1.82 bits per heavy atom. The van der Waals surface area contributed by atoms with E-state index in [9.17, 15) is 9.59 Å². The van der Waals surface area contributed by atoms with Crippen LogP contribution in [0.15, 0.2) is 53.1 Å². The molecule has 1 amide bonds. The zero-order valence-corrected chi connectivity index (χ0v) is 18.8. The summed E-state index contributed by atoms with van der Waals surface area (Å²) in [5, 5.41) is 2.57. The van der Waals surface area contributed by atoms with E-state index in [0.29, 0.717) is 22.7 Å². The van der Waals surface area contributed by atoms with Gasteiger partial charge in [0.15, 0.2) is 5.58 Å². The summed E-state index contributed by atoms with van der Waals surface area (Å²) in [6.45, 7) is 5.24. The van der Waals surface area contributed by atoms with Crippen LogP contribution in [0.25, 0.3) is 33.7 Å². The number of oxazole rings is 1. The molecule has 2 heterocycles. The average molecular weight is 448 g/mol. The minimum atomic E-state index is -0.917. The van der Waals surface area contributed by atoms with Crippen LogP contribution in [0.3, 0.4) is 0 Å². The van der Waals surface area contributed by atoms with Crippen molar-refractivity contribution >= 4 is 34.2 Å². The molecule has 0 unspecified atom stereocenters. The summed E-state index contributed by atoms with van der Waals surface area (Å²) in [5.41, 5.74) is 3.28. The lowest BCUT2D eigenvalue weighted by molar-refractivity contribution is -0.143. The molecule has 1 atom stereocenters. The highest BCUT2D eigenvalue weighted by molar-refractivity contribution is 5.82. The predicted octanol–water partition coefficient (Wildman–Crippen LogP) is 4.05. The Hall–Kier alpha value is -4.01. The summed E-state index contributed by atoms with van der Waals surface area (Å²) < 4.78 is 16.0. The van der Waals surface area contributed by atoms with Gasteiger partial charge in [-0.1, -0.05) is 18.2 Å². The molecule has 0 aliphatic rings. The van der Waals surface area contributed by atoms with Crippen LogP contribution in [0.5, 0.6) is 0 Å². The van der Waals surface area contributed by atoms with E-state index in [1.807, 2.05) is 24.3 Å². The molecule has 0 aliphatic carbocycles. The maximum atomic E-state index is 12.2. The van der Waals surface area contributed by atoms with Crippen molar-refractivity contribution in [2.45, 2.75) is 38.8 Å². The van der Waals surface area contributed by atoms with Crippen LogP contribution >= 0.6 is 0 Å². The Kier molecular flexibility index (Phi) is 5.95. The Balaban J connectivity index is 1.57. The lowest BCUT2D eigenvalue weighted by Crippen LogP contribution is -2.45. The number of para-hydroxylation sites is 2. The number of carbonyl (C=O) groups is 2. The highest BCUT2D eigenvalue weighted by Gasteiger charge is 2.25. The van der Waals surface area contributed by atoms with Gasteiger partial charge in [0.1, 0.15) is 22.9 Å². The third-order valence-electron chi connectivity index (χ3n) is 4.74. The number of benzene rings is 2. The molecule has 0 spiro atoms. The number of esters is 1. The predicted molar refractivity (Wildman–Crippen MR) is 121 cm³/mol. The standard InChI is InChI=1S/C24H24N4O5/c1-24(2,3)33-23(30)28-18(22(29)31-4)12-14-9-10-20-17(11-14)27-21(32-20)19-13-25-15-7-5-6-8-16(15)26-19/h5-11,13,18H,12H2,1-4H3,(H,28,30)/t18-/m0/s1. The Morgan fingerprint density at radius 3 is 2.55 bits per heavy atom. The van der Waals surface area contributed by atoms with Gasteiger partial charge >= 0.3 is 12.1 Å². The van der Waals surface area contributed by atoms with Crippen molar-refractivity contribution in [3.63, 3.8) is 0 Å². The number of carbonyl (C=O) groups excluding carboxylic acids is 2. The Labute approximate surface area is 190 Å². The number of ether oxygens (including phenoxy) is 2. The first-order valence-corrected chi connectivity index (χ1v) is 10.4. The first kappa shape index (κ1) is 22.2. The second kappa shape index (κ2) is 8.85. The van der Waals surface area contributed by atoms with Crippen LogP contribution in [0.4, 0.5) is 4.79 Å². The number of fused-ring (bicyclic) bond motifs is 2. The molecule has 33 heavy (non-hydrogen) atoms. The van der Waals surface area contributed by atoms with Gasteiger partial charge < -0.3 is 19.2 Å². The van der Waals surface area contributed by atoms with Crippen molar-refractivity contribution in [2.24, 2.45) is 0 Å². The fourth-order valence-electron chi connectivity index (χ4n) is 3.29. The number of amides is 1. The third kappa shape index (κ3) is 5.25. The zero-order chi connectivity index (χ0) is 23.6. The van der Waals surface area contributed by atoms with Crippen molar-refractivity contribution < 1.29 is 23.5 Å². The van der Waals surface area contributed by atoms with Gasteiger partial charge in [-0.15, -0.1) is 0 Å². The van der Waals surface area contributed by atoms with E-state index in [1.165, 1.54) is 7.11 Å². The summed E-state index contributed by atoms with van der Waals surface area (Å²) in [6, 6.07) is 12.0. The second-order valence-corrected chi connectivity index (χ2v) is 8.49. The molecular weight excluding hydrogens is 424 g/mol. The molecular formula is C24H24N4O5. The van der Waals surface area contributed by atoms with E-state index in [0.717, 1.165) is 16.6 Å². The van der Waals surface area contributed by atoms with Crippen LogP contribution in [0.1, 0.15) is 26.3 Å². The molecule has 4 rings (SSSR count). The molecule has 0 saturated heterocycles. The highest BCUT2D eigenvalue weighted by atomic mass is 16.6. The Morgan fingerprint density at radius 1 is 1.06 bits per heavy atom. The normalized spacial score (nSPS) is 12.5. The van der Waals surface area contributed by atoms with Crippen molar-refractivity contribution in [3.05, 3.63) is 54.2 Å². The van der Waals surface area contributed by atoms with Gasteiger partial charge in [0.2, 0.25) is 5.89 Å². The van der Waals surface area contributed by atoms with E-state index >= 15 is 0 Å². The minimum absolute atomic E-state index is 0.194. The molecule has 0 saturated carbocycles. The summed E-state index contributed by atoms with van der Waals surface area (Å²) in [7, 11) is 1.27. The van der Waals surface area contributed by atoms with Gasteiger partial charge in [0, 0.05) is 6.42 Å². The second-order valence-electron chi connectivity index (χ2n) is 8.49. The lowest BCUT2D eigenvalue weighted by atomic mass is 10.1. The van der Waals surface area contributed by atoms with Gasteiger partial charge in [0.05, 0.1) is 24.3 Å². The molecule has 170 valence electrons. The number of methoxy groups -OCH3 is 1. The van der Waals surface area contributed by atoms with Crippen molar-refractivity contribution in [1.82, 2.24) is 20.3 Å². The smallest absolute Gasteiger partial charge is 0.408 e. The Bertz CT molecular complexity index is 1330. The molecule has 2 aromatic heterocycles. The third-order valence-corrected chi connectivity index (χ3v) is 4.74. The number of alkyl carbamates (subject to hydrolysis) is 1. The van der Waals surface area contributed by atoms with Crippen LogP contribution in [0, 0.1) is 0 Å². The van der Waals surface area contributed by atoms with Crippen molar-refractivity contribution in [2.75, 3.05) is 7.11 Å². The van der Waals surface area contributed by atoms with E-state index < -0.39 is 23.7 Å². The van der Waals surface area contributed by atoms with Crippen LogP contribution in [-0.2, 0) is 20.7 Å². The lowest BCUT2D eigenvalue weighted by Gasteiger charge is -2.22. The van der Waals surface area contributed by atoms with Gasteiger partial charge in [-0.2, -0.15) is 0 Å². The molecule has 0 fully saturated rings. The first-order chi connectivity index (χ1) is 15.7. The monoisotopic (exact) mass is 448 g/mol. The summed E-state index contributed by atoms with van der Waals surface area (Å²) >= 11 is 0.